The lowest BCUT2D eigenvalue weighted by Gasteiger charge is -2.20. The number of rotatable bonds is 3. The second-order valence-corrected chi connectivity index (χ2v) is 6.31. The molecule has 0 bridgehead atoms. The van der Waals surface area contributed by atoms with Gasteiger partial charge in [-0.15, -0.1) is 5.10 Å². The van der Waals surface area contributed by atoms with Crippen molar-refractivity contribution >= 4 is 11.6 Å². The van der Waals surface area contributed by atoms with Crippen LogP contribution < -0.4 is 4.90 Å². The average molecular weight is 340 g/mol. The molecule has 1 heterocycles. The number of aromatic nitrogens is 3. The van der Waals surface area contributed by atoms with Gasteiger partial charge in [0.05, 0.1) is 17.3 Å². The molecular formula is C16H19F3N4O. The van der Waals surface area contributed by atoms with E-state index >= 15 is 0 Å². The van der Waals surface area contributed by atoms with Crippen LogP contribution in [0, 0.1) is 0 Å². The summed E-state index contributed by atoms with van der Waals surface area (Å²) in [6.45, 7) is 7.80. The second-order valence-electron chi connectivity index (χ2n) is 6.31. The Kier molecular flexibility index (Phi) is 4.68. The van der Waals surface area contributed by atoms with Crippen LogP contribution in [-0.4, -0.2) is 27.4 Å². The number of amides is 1. The third-order valence-electron chi connectivity index (χ3n) is 3.47. The quantitative estimate of drug-likeness (QED) is 0.856. The highest BCUT2D eigenvalue weighted by Crippen LogP contribution is 2.30. The predicted octanol–water partition coefficient (Wildman–Crippen LogP) is 3.72. The van der Waals surface area contributed by atoms with E-state index in [9.17, 15) is 18.0 Å². The summed E-state index contributed by atoms with van der Waals surface area (Å²) in [6, 6.07) is 4.46. The third-order valence-corrected chi connectivity index (χ3v) is 3.47. The Morgan fingerprint density at radius 1 is 1.17 bits per heavy atom. The lowest BCUT2D eigenvalue weighted by Crippen LogP contribution is -2.31. The molecule has 0 N–H and O–H groups in total. The smallest absolute Gasteiger partial charge is 0.307 e. The van der Waals surface area contributed by atoms with Gasteiger partial charge < -0.3 is 4.90 Å². The van der Waals surface area contributed by atoms with Crippen LogP contribution in [0.1, 0.15) is 43.7 Å². The van der Waals surface area contributed by atoms with Crippen LogP contribution in [0.15, 0.2) is 30.5 Å². The number of carbonyl (C=O) groups is 1. The van der Waals surface area contributed by atoms with Gasteiger partial charge in [-0.1, -0.05) is 5.21 Å². The van der Waals surface area contributed by atoms with Crippen molar-refractivity contribution in [2.45, 2.75) is 39.4 Å². The minimum Gasteiger partial charge on any atom is -0.307 e. The highest BCUT2D eigenvalue weighted by atomic mass is 19.4. The molecule has 2 aromatic rings. The van der Waals surface area contributed by atoms with Gasteiger partial charge in [0.2, 0.25) is 0 Å². The van der Waals surface area contributed by atoms with Gasteiger partial charge >= 0.3 is 6.18 Å². The maximum absolute atomic E-state index is 12.6. The highest BCUT2D eigenvalue weighted by Gasteiger charge is 2.30. The lowest BCUT2D eigenvalue weighted by molar-refractivity contribution is -0.137. The van der Waals surface area contributed by atoms with E-state index in [1.54, 1.807) is 11.6 Å². The Hall–Kier alpha value is -2.38. The molecule has 2 rings (SSSR count). The van der Waals surface area contributed by atoms with Crippen molar-refractivity contribution < 1.29 is 18.0 Å². The van der Waals surface area contributed by atoms with Gasteiger partial charge in [0.1, 0.15) is 0 Å². The first-order valence-electron chi connectivity index (χ1n) is 7.46. The zero-order chi connectivity index (χ0) is 18.1. The topological polar surface area (TPSA) is 51.0 Å². The molecule has 0 aliphatic rings. The monoisotopic (exact) mass is 340 g/mol. The SMILES string of the molecule is CCN(C(=O)c1cn(C(C)(C)C)nn1)c1ccc(C(F)(F)F)cc1. The highest BCUT2D eigenvalue weighted by molar-refractivity contribution is 6.04. The molecule has 0 unspecified atom stereocenters. The number of carbonyl (C=O) groups excluding carboxylic acids is 1. The van der Waals surface area contributed by atoms with E-state index < -0.39 is 17.6 Å². The lowest BCUT2D eigenvalue weighted by atomic mass is 10.1. The average Bonchev–Trinajstić information content (AvgIpc) is 2.97. The van der Waals surface area contributed by atoms with Gasteiger partial charge in [0.15, 0.2) is 5.69 Å². The summed E-state index contributed by atoms with van der Waals surface area (Å²) in [5.74, 6) is -0.409. The fraction of sp³-hybridized carbons (Fsp3) is 0.438. The zero-order valence-corrected chi connectivity index (χ0v) is 13.9. The number of alkyl halides is 3. The van der Waals surface area contributed by atoms with Crippen LogP contribution in [0.3, 0.4) is 0 Å². The van der Waals surface area contributed by atoms with Crippen molar-refractivity contribution in [1.29, 1.82) is 0 Å². The fourth-order valence-corrected chi connectivity index (χ4v) is 2.10. The summed E-state index contributed by atoms with van der Waals surface area (Å²) in [5, 5.41) is 7.81. The minimum atomic E-state index is -4.41. The first-order chi connectivity index (χ1) is 11.0. The Bertz CT molecular complexity index is 714. The molecule has 0 saturated heterocycles. The molecule has 1 aromatic heterocycles. The first kappa shape index (κ1) is 18.0. The fourth-order valence-electron chi connectivity index (χ4n) is 2.10. The van der Waals surface area contributed by atoms with Crippen LogP contribution >= 0.6 is 0 Å². The van der Waals surface area contributed by atoms with Crippen molar-refractivity contribution in [2.24, 2.45) is 0 Å². The van der Waals surface area contributed by atoms with Crippen LogP contribution in [0.5, 0.6) is 0 Å². The molecule has 130 valence electrons. The molecule has 0 saturated carbocycles. The van der Waals surface area contributed by atoms with E-state index in [4.69, 9.17) is 0 Å². The molecule has 1 aromatic carbocycles. The van der Waals surface area contributed by atoms with E-state index in [1.807, 2.05) is 20.8 Å². The van der Waals surface area contributed by atoms with E-state index in [0.29, 0.717) is 12.2 Å². The van der Waals surface area contributed by atoms with Gasteiger partial charge in [-0.3, -0.25) is 4.79 Å². The van der Waals surface area contributed by atoms with Gasteiger partial charge in [-0.05, 0) is 52.0 Å². The van der Waals surface area contributed by atoms with E-state index in [1.165, 1.54) is 23.2 Å². The van der Waals surface area contributed by atoms with Gasteiger partial charge in [-0.2, -0.15) is 13.2 Å². The number of nitrogens with zero attached hydrogens (tertiary/aromatic N) is 4. The van der Waals surface area contributed by atoms with E-state index in [2.05, 4.69) is 10.3 Å². The maximum atomic E-state index is 12.6. The van der Waals surface area contributed by atoms with Gasteiger partial charge in [-0.25, -0.2) is 4.68 Å². The molecule has 5 nitrogen and oxygen atoms in total. The number of hydrogen-bond acceptors (Lipinski definition) is 3. The van der Waals surface area contributed by atoms with Crippen molar-refractivity contribution in [3.63, 3.8) is 0 Å². The Labute approximate surface area is 138 Å². The molecule has 0 aliphatic carbocycles. The molecule has 0 fully saturated rings. The Morgan fingerprint density at radius 3 is 2.17 bits per heavy atom. The number of benzene rings is 1. The molecule has 0 atom stereocenters. The second kappa shape index (κ2) is 6.26. The van der Waals surface area contributed by atoms with E-state index in [0.717, 1.165) is 12.1 Å². The first-order valence-corrected chi connectivity index (χ1v) is 7.46. The predicted molar refractivity (Wildman–Crippen MR) is 83.8 cm³/mol. The maximum Gasteiger partial charge on any atom is 0.416 e. The molecule has 24 heavy (non-hydrogen) atoms. The van der Waals surface area contributed by atoms with E-state index in [-0.39, 0.29) is 11.2 Å². The summed E-state index contributed by atoms with van der Waals surface area (Å²) in [4.78, 5) is 13.9. The van der Waals surface area contributed by atoms with Crippen LogP contribution in [0.25, 0.3) is 0 Å². The molecule has 1 amide bonds. The van der Waals surface area contributed by atoms with Crippen molar-refractivity contribution in [1.82, 2.24) is 15.0 Å². The molecular weight excluding hydrogens is 321 g/mol. The third kappa shape index (κ3) is 3.74. The van der Waals surface area contributed by atoms with Crippen LogP contribution in [0.4, 0.5) is 18.9 Å². The zero-order valence-electron chi connectivity index (χ0n) is 13.9. The summed E-state index contributed by atoms with van der Waals surface area (Å²) in [6.07, 6.45) is -2.87. The summed E-state index contributed by atoms with van der Waals surface area (Å²) in [5.41, 5.74) is -0.558. The van der Waals surface area contributed by atoms with Gasteiger partial charge in [0.25, 0.3) is 5.91 Å². The number of anilines is 1. The summed E-state index contributed by atoms with van der Waals surface area (Å²) >= 11 is 0. The Balaban J connectivity index is 2.28. The van der Waals surface area contributed by atoms with Crippen LogP contribution in [-0.2, 0) is 11.7 Å². The summed E-state index contributed by atoms with van der Waals surface area (Å²) < 4.78 is 39.5. The molecule has 0 spiro atoms. The van der Waals surface area contributed by atoms with Crippen molar-refractivity contribution in [3.05, 3.63) is 41.7 Å². The minimum absolute atomic E-state index is 0.145. The Morgan fingerprint density at radius 2 is 1.75 bits per heavy atom. The van der Waals surface area contributed by atoms with Crippen molar-refractivity contribution in [2.75, 3.05) is 11.4 Å². The van der Waals surface area contributed by atoms with Crippen LogP contribution in [0.2, 0.25) is 0 Å². The van der Waals surface area contributed by atoms with Gasteiger partial charge in [0, 0.05) is 12.2 Å². The number of halogens is 3. The molecule has 0 radical (unpaired) electrons. The standard InChI is InChI=1S/C16H19F3N4O/c1-5-22(12-8-6-11(7-9-12)16(17,18)19)14(24)13-10-23(21-20-13)15(2,3)4/h6-10H,5H2,1-4H3. The van der Waals surface area contributed by atoms with Crippen molar-refractivity contribution in [3.8, 4) is 0 Å². The molecule has 0 aliphatic heterocycles. The number of hydrogen-bond donors (Lipinski definition) is 0. The summed E-state index contributed by atoms with van der Waals surface area (Å²) in [7, 11) is 0. The normalized spacial score (nSPS) is 12.3. The molecule has 8 heteroatoms. The largest absolute Gasteiger partial charge is 0.416 e.